The van der Waals surface area contributed by atoms with Gasteiger partial charge in [0.15, 0.2) is 0 Å². The summed E-state index contributed by atoms with van der Waals surface area (Å²) in [5.74, 6) is 0.0172. The third-order valence-corrected chi connectivity index (χ3v) is 8.43. The van der Waals surface area contributed by atoms with E-state index in [4.69, 9.17) is 9.15 Å². The van der Waals surface area contributed by atoms with Crippen LogP contribution in [0, 0.1) is 5.82 Å². The van der Waals surface area contributed by atoms with Crippen LogP contribution < -0.4 is 10.1 Å². The zero-order valence-corrected chi connectivity index (χ0v) is 21.3. The van der Waals surface area contributed by atoms with Gasteiger partial charge in [0.2, 0.25) is 5.91 Å². The van der Waals surface area contributed by atoms with Gasteiger partial charge in [0.25, 0.3) is 5.91 Å². The topological polar surface area (TPSA) is 92.1 Å². The first-order chi connectivity index (χ1) is 18.4. The highest BCUT2D eigenvalue weighted by molar-refractivity contribution is 6.02. The number of nitrogens with one attached hydrogen (secondary N) is 1. The summed E-state index contributed by atoms with van der Waals surface area (Å²) in [6, 6.07) is 7.99. The molecule has 1 saturated heterocycles. The maximum Gasteiger partial charge on any atom is 0.255 e. The van der Waals surface area contributed by atoms with E-state index in [0.717, 1.165) is 65.6 Å². The van der Waals surface area contributed by atoms with Crippen LogP contribution in [0.2, 0.25) is 0 Å². The van der Waals surface area contributed by atoms with Crippen molar-refractivity contribution in [2.24, 2.45) is 0 Å². The molecular formula is C29H30FN3O5. The molecule has 3 aromatic rings. The van der Waals surface area contributed by atoms with E-state index in [0.29, 0.717) is 18.7 Å². The molecule has 0 bridgehead atoms. The molecule has 0 aliphatic carbocycles. The van der Waals surface area contributed by atoms with Gasteiger partial charge in [0.05, 0.1) is 19.4 Å². The maximum absolute atomic E-state index is 14.1. The highest BCUT2D eigenvalue weighted by atomic mass is 19.1. The summed E-state index contributed by atoms with van der Waals surface area (Å²) in [4.78, 5) is 40.6. The first kappa shape index (κ1) is 24.6. The Morgan fingerprint density at radius 2 is 2.05 bits per heavy atom. The smallest absolute Gasteiger partial charge is 0.255 e. The lowest BCUT2D eigenvalue weighted by molar-refractivity contribution is -0.125. The number of benzene rings is 2. The van der Waals surface area contributed by atoms with Gasteiger partial charge >= 0.3 is 0 Å². The fourth-order valence-electron chi connectivity index (χ4n) is 6.35. The van der Waals surface area contributed by atoms with E-state index in [1.807, 2.05) is 12.1 Å². The van der Waals surface area contributed by atoms with Gasteiger partial charge in [-0.15, -0.1) is 0 Å². The lowest BCUT2D eigenvalue weighted by Crippen LogP contribution is -2.46. The fourth-order valence-corrected chi connectivity index (χ4v) is 6.35. The number of carbonyl (C=O) groups is 3. The molecular weight excluding hydrogens is 489 g/mol. The van der Waals surface area contributed by atoms with Crippen LogP contribution in [-0.4, -0.2) is 60.7 Å². The van der Waals surface area contributed by atoms with Crippen molar-refractivity contribution in [1.82, 2.24) is 15.1 Å². The molecule has 1 N–H and O–H groups in total. The van der Waals surface area contributed by atoms with Gasteiger partial charge in [0, 0.05) is 53.1 Å². The quantitative estimate of drug-likeness (QED) is 0.480. The third-order valence-electron chi connectivity index (χ3n) is 8.43. The molecule has 3 aliphatic heterocycles. The Morgan fingerprint density at radius 3 is 2.82 bits per heavy atom. The monoisotopic (exact) mass is 519 g/mol. The van der Waals surface area contributed by atoms with Gasteiger partial charge in [-0.05, 0) is 56.6 Å². The summed E-state index contributed by atoms with van der Waals surface area (Å²) in [5.41, 5.74) is 3.94. The number of amides is 2. The van der Waals surface area contributed by atoms with Gasteiger partial charge in [0.1, 0.15) is 29.5 Å². The molecule has 1 atom stereocenters. The summed E-state index contributed by atoms with van der Waals surface area (Å²) in [5, 5.41) is 3.39. The molecule has 6 rings (SSSR count). The van der Waals surface area contributed by atoms with Crippen LogP contribution in [0.15, 0.2) is 41.0 Å². The Kier molecular flexibility index (Phi) is 6.18. The minimum Gasteiger partial charge on any atom is -0.492 e. The molecule has 1 fully saturated rings. The highest BCUT2D eigenvalue weighted by Crippen LogP contribution is 2.49. The van der Waals surface area contributed by atoms with Crippen LogP contribution in [0.4, 0.5) is 4.39 Å². The number of ether oxygens (including phenoxy) is 1. The number of carbonyl (C=O) groups excluding carboxylic acids is 3. The molecule has 38 heavy (non-hydrogen) atoms. The van der Waals surface area contributed by atoms with Crippen molar-refractivity contribution in [1.29, 1.82) is 0 Å². The van der Waals surface area contributed by atoms with Gasteiger partial charge in [-0.1, -0.05) is 6.07 Å². The Balaban J connectivity index is 1.20. The molecule has 1 unspecified atom stereocenters. The second kappa shape index (κ2) is 9.54. The number of furan rings is 1. The van der Waals surface area contributed by atoms with E-state index in [1.165, 1.54) is 13.1 Å². The lowest BCUT2D eigenvalue weighted by atomic mass is 9.74. The third kappa shape index (κ3) is 3.96. The predicted molar refractivity (Wildman–Crippen MR) is 137 cm³/mol. The van der Waals surface area contributed by atoms with Crippen molar-refractivity contribution in [3.05, 3.63) is 64.7 Å². The minimum atomic E-state index is -0.706. The van der Waals surface area contributed by atoms with Gasteiger partial charge < -0.3 is 24.2 Å². The highest BCUT2D eigenvalue weighted by Gasteiger charge is 2.47. The number of rotatable bonds is 7. The SMILES string of the molecule is CNC(=O)C(CCC=O)N1Cc2c(ccc3c2OCC32CCN(Cc3cc(F)cc4ccoc34)CC2)C1=O. The number of hydrogen-bond acceptors (Lipinski definition) is 6. The Labute approximate surface area is 219 Å². The summed E-state index contributed by atoms with van der Waals surface area (Å²) >= 11 is 0. The Bertz CT molecular complexity index is 1430. The average molecular weight is 520 g/mol. The molecule has 198 valence electrons. The largest absolute Gasteiger partial charge is 0.492 e. The van der Waals surface area contributed by atoms with E-state index in [9.17, 15) is 18.8 Å². The molecule has 8 nitrogen and oxygen atoms in total. The van der Waals surface area contributed by atoms with Crippen molar-refractivity contribution in [3.63, 3.8) is 0 Å². The van der Waals surface area contributed by atoms with E-state index >= 15 is 0 Å². The molecule has 2 aromatic carbocycles. The normalized spacial score (nSPS) is 18.9. The fraction of sp³-hybridized carbons (Fsp3) is 0.414. The summed E-state index contributed by atoms with van der Waals surface area (Å²) < 4.78 is 26.0. The average Bonchev–Trinajstić information content (AvgIpc) is 3.62. The molecule has 0 radical (unpaired) electrons. The zero-order valence-electron chi connectivity index (χ0n) is 21.3. The molecule has 9 heteroatoms. The minimum absolute atomic E-state index is 0.142. The summed E-state index contributed by atoms with van der Waals surface area (Å²) in [6.07, 6.45) is 4.61. The number of piperidine rings is 1. The Morgan fingerprint density at radius 1 is 1.24 bits per heavy atom. The predicted octanol–water partition coefficient (Wildman–Crippen LogP) is 3.55. The van der Waals surface area contributed by atoms with E-state index in [-0.39, 0.29) is 42.4 Å². The van der Waals surface area contributed by atoms with Crippen molar-refractivity contribution in [2.45, 2.75) is 50.2 Å². The maximum atomic E-state index is 14.1. The summed E-state index contributed by atoms with van der Waals surface area (Å²) in [6.45, 7) is 3.10. The first-order valence-corrected chi connectivity index (χ1v) is 13.1. The van der Waals surface area contributed by atoms with Crippen molar-refractivity contribution >= 4 is 29.1 Å². The number of halogens is 1. The standard InChI is InChI=1S/C29H30FN3O5/c1-31-27(35)24(3-2-11-34)33-16-22-21(28(33)36)4-5-23-26(22)38-17-29(23)7-9-32(10-8-29)15-19-14-20(30)13-18-6-12-37-25(18)19/h4-6,11-14,24H,2-3,7-10,15-17H2,1H3,(H,31,35). The molecule has 4 heterocycles. The van der Waals surface area contributed by atoms with Crippen LogP contribution >= 0.6 is 0 Å². The van der Waals surface area contributed by atoms with Crippen LogP contribution in [0.3, 0.4) is 0 Å². The Hall–Kier alpha value is -3.72. The molecule has 0 saturated carbocycles. The molecule has 3 aliphatic rings. The second-order valence-electron chi connectivity index (χ2n) is 10.5. The zero-order chi connectivity index (χ0) is 26.4. The number of nitrogens with zero attached hydrogens (tertiary/aromatic N) is 2. The van der Waals surface area contributed by atoms with Gasteiger partial charge in [-0.3, -0.25) is 14.5 Å². The van der Waals surface area contributed by atoms with Crippen molar-refractivity contribution in [3.8, 4) is 5.75 Å². The molecule has 1 spiro atoms. The lowest BCUT2D eigenvalue weighted by Gasteiger charge is -2.38. The van der Waals surface area contributed by atoms with Crippen molar-refractivity contribution in [2.75, 3.05) is 26.7 Å². The summed E-state index contributed by atoms with van der Waals surface area (Å²) in [7, 11) is 1.53. The van der Waals surface area contributed by atoms with Crippen LogP contribution in [-0.2, 0) is 28.1 Å². The van der Waals surface area contributed by atoms with Gasteiger partial charge in [-0.25, -0.2) is 4.39 Å². The number of hydrogen-bond donors (Lipinski definition) is 1. The van der Waals surface area contributed by atoms with E-state index in [2.05, 4.69) is 10.2 Å². The van der Waals surface area contributed by atoms with E-state index in [1.54, 1.807) is 23.3 Å². The second-order valence-corrected chi connectivity index (χ2v) is 10.5. The molecule has 2 amide bonds. The number of fused-ring (bicyclic) bond motifs is 5. The number of likely N-dealkylation sites (tertiary alicyclic amines) is 1. The van der Waals surface area contributed by atoms with E-state index < -0.39 is 6.04 Å². The van der Waals surface area contributed by atoms with Crippen LogP contribution in [0.1, 0.15) is 52.7 Å². The van der Waals surface area contributed by atoms with Gasteiger partial charge in [-0.2, -0.15) is 0 Å². The van der Waals surface area contributed by atoms with Crippen LogP contribution in [0.25, 0.3) is 11.0 Å². The molecule has 1 aromatic heterocycles. The number of aldehydes is 1. The number of likely N-dealkylation sites (N-methyl/N-ethyl adjacent to an activating group) is 1. The van der Waals surface area contributed by atoms with Crippen LogP contribution in [0.5, 0.6) is 5.75 Å². The van der Waals surface area contributed by atoms with Crippen molar-refractivity contribution < 1.29 is 27.9 Å². The first-order valence-electron chi connectivity index (χ1n) is 13.1.